The van der Waals surface area contributed by atoms with Gasteiger partial charge in [0.15, 0.2) is 0 Å². The lowest BCUT2D eigenvalue weighted by molar-refractivity contribution is -0.128. The summed E-state index contributed by atoms with van der Waals surface area (Å²) in [6, 6.07) is 7.26. The topological polar surface area (TPSA) is 62.3 Å². The molecule has 0 spiro atoms. The molecule has 3 heterocycles. The lowest BCUT2D eigenvalue weighted by Crippen LogP contribution is -2.28. The number of nitrogens with zero attached hydrogens (tertiary/aromatic N) is 2. The fourth-order valence-electron chi connectivity index (χ4n) is 2.63. The molecule has 1 aliphatic heterocycles. The maximum absolute atomic E-state index is 12.5. The highest BCUT2D eigenvalue weighted by atomic mass is 35.5. The summed E-state index contributed by atoms with van der Waals surface area (Å²) < 4.78 is 0.669. The van der Waals surface area contributed by atoms with Crippen LogP contribution in [0.15, 0.2) is 30.5 Å². The lowest BCUT2D eigenvalue weighted by Gasteiger charge is -2.14. The standard InChI is InChI=1S/C16H16ClN3O2S/c1-2-20-9-10(8-14(20)21)16(22)19-11-4-3-7-18-15(11)12-5-6-13(17)23-12/h3-7,10H,2,8-9H2,1H3,(H,19,22)/t10-/m0/s1. The maximum atomic E-state index is 12.5. The summed E-state index contributed by atoms with van der Waals surface area (Å²) in [5.74, 6) is -0.433. The Morgan fingerprint density at radius 1 is 1.48 bits per heavy atom. The molecule has 23 heavy (non-hydrogen) atoms. The molecule has 1 fully saturated rings. The predicted octanol–water partition coefficient (Wildman–Crippen LogP) is 3.27. The maximum Gasteiger partial charge on any atom is 0.229 e. The minimum Gasteiger partial charge on any atom is -0.342 e. The molecule has 7 heteroatoms. The van der Waals surface area contributed by atoms with Crippen LogP contribution in [0.2, 0.25) is 4.34 Å². The molecule has 1 aliphatic rings. The predicted molar refractivity (Wildman–Crippen MR) is 91.6 cm³/mol. The van der Waals surface area contributed by atoms with Crippen molar-refractivity contribution in [3.05, 3.63) is 34.8 Å². The smallest absolute Gasteiger partial charge is 0.229 e. The second-order valence-electron chi connectivity index (χ2n) is 5.33. The number of amides is 2. The molecule has 0 saturated carbocycles. The average molecular weight is 350 g/mol. The number of aromatic nitrogens is 1. The number of carbonyl (C=O) groups excluding carboxylic acids is 2. The fraction of sp³-hybridized carbons (Fsp3) is 0.312. The Balaban J connectivity index is 1.78. The van der Waals surface area contributed by atoms with Crippen molar-refractivity contribution in [1.29, 1.82) is 0 Å². The summed E-state index contributed by atoms with van der Waals surface area (Å²) in [6.45, 7) is 3.02. The van der Waals surface area contributed by atoms with Crippen LogP contribution in [-0.4, -0.2) is 34.8 Å². The third-order valence-corrected chi connectivity index (χ3v) is 5.08. The number of halogens is 1. The van der Waals surface area contributed by atoms with Crippen molar-refractivity contribution in [3.8, 4) is 10.6 Å². The highest BCUT2D eigenvalue weighted by Gasteiger charge is 2.33. The van der Waals surface area contributed by atoms with Crippen LogP contribution in [0.25, 0.3) is 10.6 Å². The number of rotatable bonds is 4. The minimum atomic E-state index is -0.317. The SMILES string of the molecule is CCN1C[C@@H](C(=O)Nc2cccnc2-c2ccc(Cl)s2)CC1=O. The van der Waals surface area contributed by atoms with Crippen molar-refractivity contribution in [2.75, 3.05) is 18.4 Å². The number of carbonyl (C=O) groups is 2. The first kappa shape index (κ1) is 16.0. The lowest BCUT2D eigenvalue weighted by atomic mass is 10.1. The van der Waals surface area contributed by atoms with Crippen LogP contribution >= 0.6 is 22.9 Å². The summed E-state index contributed by atoms with van der Waals surface area (Å²) in [5.41, 5.74) is 1.33. The normalized spacial score (nSPS) is 17.6. The van der Waals surface area contributed by atoms with E-state index >= 15 is 0 Å². The van der Waals surface area contributed by atoms with Gasteiger partial charge in [-0.1, -0.05) is 11.6 Å². The molecular formula is C16H16ClN3O2S. The van der Waals surface area contributed by atoms with E-state index in [1.807, 2.05) is 19.1 Å². The quantitative estimate of drug-likeness (QED) is 0.921. The molecule has 0 aromatic carbocycles. The molecule has 1 saturated heterocycles. The number of anilines is 1. The zero-order valence-electron chi connectivity index (χ0n) is 12.6. The van der Waals surface area contributed by atoms with Crippen LogP contribution in [0.5, 0.6) is 0 Å². The molecule has 5 nitrogen and oxygen atoms in total. The molecule has 3 rings (SSSR count). The zero-order valence-corrected chi connectivity index (χ0v) is 14.2. The fourth-order valence-corrected chi connectivity index (χ4v) is 3.69. The number of likely N-dealkylation sites (tertiary alicyclic amines) is 1. The highest BCUT2D eigenvalue weighted by Crippen LogP contribution is 2.34. The number of hydrogen-bond acceptors (Lipinski definition) is 4. The van der Waals surface area contributed by atoms with Gasteiger partial charge in [0.05, 0.1) is 20.8 Å². The Hall–Kier alpha value is -1.92. The number of thiophene rings is 1. The summed E-state index contributed by atoms with van der Waals surface area (Å²) in [7, 11) is 0. The number of pyridine rings is 1. The molecule has 120 valence electrons. The third-order valence-electron chi connectivity index (χ3n) is 3.84. The first-order chi connectivity index (χ1) is 11.1. The molecule has 0 radical (unpaired) electrons. The Bertz CT molecular complexity index is 746. The number of hydrogen-bond donors (Lipinski definition) is 1. The van der Waals surface area contributed by atoms with E-state index in [0.29, 0.717) is 28.8 Å². The second-order valence-corrected chi connectivity index (χ2v) is 7.04. The van der Waals surface area contributed by atoms with Gasteiger partial charge in [-0.15, -0.1) is 11.3 Å². The van der Waals surface area contributed by atoms with Gasteiger partial charge < -0.3 is 10.2 Å². The van der Waals surface area contributed by atoms with Crippen molar-refractivity contribution in [1.82, 2.24) is 9.88 Å². The van der Waals surface area contributed by atoms with Gasteiger partial charge in [-0.3, -0.25) is 14.6 Å². The van der Waals surface area contributed by atoms with E-state index in [1.165, 1.54) is 11.3 Å². The van der Waals surface area contributed by atoms with Gasteiger partial charge in [0.25, 0.3) is 0 Å². The summed E-state index contributed by atoms with van der Waals surface area (Å²) in [5, 5.41) is 2.91. The molecule has 2 amide bonds. The first-order valence-corrected chi connectivity index (χ1v) is 8.57. The second kappa shape index (κ2) is 6.68. The molecule has 0 aliphatic carbocycles. The molecule has 0 bridgehead atoms. The van der Waals surface area contributed by atoms with Crippen molar-refractivity contribution in [3.63, 3.8) is 0 Å². The summed E-state index contributed by atoms with van der Waals surface area (Å²) in [4.78, 5) is 31.2. The molecule has 2 aromatic rings. The molecular weight excluding hydrogens is 334 g/mol. The Kier molecular flexibility index (Phi) is 4.63. The highest BCUT2D eigenvalue weighted by molar-refractivity contribution is 7.19. The van der Waals surface area contributed by atoms with Gasteiger partial charge in [-0.05, 0) is 31.2 Å². The van der Waals surface area contributed by atoms with Crippen molar-refractivity contribution in [2.24, 2.45) is 5.92 Å². The molecule has 1 atom stereocenters. The van der Waals surface area contributed by atoms with Crippen molar-refractivity contribution >= 4 is 40.4 Å². The van der Waals surface area contributed by atoms with Gasteiger partial charge in [0.1, 0.15) is 5.69 Å². The monoisotopic (exact) mass is 349 g/mol. The molecule has 0 unspecified atom stereocenters. The average Bonchev–Trinajstić information content (AvgIpc) is 3.13. The van der Waals surface area contributed by atoms with E-state index in [0.717, 1.165) is 4.88 Å². The molecule has 1 N–H and O–H groups in total. The van der Waals surface area contributed by atoms with E-state index in [4.69, 9.17) is 11.6 Å². The summed E-state index contributed by atoms with van der Waals surface area (Å²) in [6.07, 6.45) is 1.94. The van der Waals surface area contributed by atoms with Gasteiger partial charge in [0, 0.05) is 25.7 Å². The Morgan fingerprint density at radius 2 is 2.30 bits per heavy atom. The number of nitrogens with one attached hydrogen (secondary N) is 1. The third kappa shape index (κ3) is 3.38. The van der Waals surface area contributed by atoms with Crippen molar-refractivity contribution in [2.45, 2.75) is 13.3 Å². The van der Waals surface area contributed by atoms with Crippen LogP contribution in [0, 0.1) is 5.92 Å². The van der Waals surface area contributed by atoms with Gasteiger partial charge in [-0.2, -0.15) is 0 Å². The zero-order chi connectivity index (χ0) is 16.4. The van der Waals surface area contributed by atoms with Gasteiger partial charge >= 0.3 is 0 Å². The molecule has 2 aromatic heterocycles. The Morgan fingerprint density at radius 3 is 2.96 bits per heavy atom. The minimum absolute atomic E-state index is 0.0316. The van der Waals surface area contributed by atoms with E-state index in [-0.39, 0.29) is 24.2 Å². The Labute approximate surface area is 143 Å². The van der Waals surface area contributed by atoms with Gasteiger partial charge in [-0.25, -0.2) is 0 Å². The van der Waals surface area contributed by atoms with Gasteiger partial charge in [0.2, 0.25) is 11.8 Å². The first-order valence-electron chi connectivity index (χ1n) is 7.38. The van der Waals surface area contributed by atoms with Crippen molar-refractivity contribution < 1.29 is 9.59 Å². The van der Waals surface area contributed by atoms with E-state index in [1.54, 1.807) is 23.2 Å². The van der Waals surface area contributed by atoms with Crippen LogP contribution in [0.4, 0.5) is 5.69 Å². The van der Waals surface area contributed by atoms with Crippen LogP contribution in [0.1, 0.15) is 13.3 Å². The largest absolute Gasteiger partial charge is 0.342 e. The van der Waals surface area contributed by atoms with Crippen LogP contribution in [0.3, 0.4) is 0 Å². The van der Waals surface area contributed by atoms with E-state index in [2.05, 4.69) is 10.3 Å². The van der Waals surface area contributed by atoms with Crippen LogP contribution < -0.4 is 5.32 Å². The van der Waals surface area contributed by atoms with E-state index in [9.17, 15) is 9.59 Å². The van der Waals surface area contributed by atoms with E-state index < -0.39 is 0 Å². The summed E-state index contributed by atoms with van der Waals surface area (Å²) >= 11 is 7.39. The van der Waals surface area contributed by atoms with Crippen LogP contribution in [-0.2, 0) is 9.59 Å².